The highest BCUT2D eigenvalue weighted by Gasteiger charge is 2.70. The summed E-state index contributed by atoms with van der Waals surface area (Å²) >= 11 is 0. The van der Waals surface area contributed by atoms with E-state index in [1.54, 1.807) is 12.1 Å². The maximum absolute atomic E-state index is 12.5. The van der Waals surface area contributed by atoms with Gasteiger partial charge in [-0.2, -0.15) is 26.3 Å². The van der Waals surface area contributed by atoms with E-state index in [-0.39, 0.29) is 0 Å². The fraction of sp³-hybridized carbons (Fsp3) is 0.429. The van der Waals surface area contributed by atoms with Gasteiger partial charge in [0.1, 0.15) is 0 Å². The molecule has 1 unspecified atom stereocenters. The zero-order valence-electron chi connectivity index (χ0n) is 11.5. The molecule has 1 aromatic rings. The van der Waals surface area contributed by atoms with E-state index in [1.807, 2.05) is 0 Å². The molecule has 1 rings (SSSR count). The van der Waals surface area contributed by atoms with Crippen molar-refractivity contribution in [2.24, 2.45) is 0 Å². The molecule has 0 aromatic heterocycles. The van der Waals surface area contributed by atoms with E-state index >= 15 is 0 Å². The zero-order valence-corrected chi connectivity index (χ0v) is 11.5. The van der Waals surface area contributed by atoms with Crippen molar-refractivity contribution in [3.8, 4) is 0 Å². The Morgan fingerprint density at radius 1 is 1.09 bits per heavy atom. The summed E-state index contributed by atoms with van der Waals surface area (Å²) in [5, 5.41) is 8.97. The predicted octanol–water partition coefficient (Wildman–Crippen LogP) is 4.26. The van der Waals surface area contributed by atoms with Gasteiger partial charge in [-0.15, -0.1) is 0 Å². The van der Waals surface area contributed by atoms with E-state index in [0.717, 1.165) is 5.56 Å². The second-order valence-electron chi connectivity index (χ2n) is 4.68. The van der Waals surface area contributed by atoms with Crippen LogP contribution in [0.4, 0.5) is 26.3 Å². The lowest BCUT2D eigenvalue weighted by atomic mass is 10.0. The molecule has 1 N–H and O–H groups in total. The Kier molecular flexibility index (Phi) is 5.30. The first-order valence-corrected chi connectivity index (χ1v) is 6.12. The number of hydrogen-bond donors (Lipinski definition) is 1. The van der Waals surface area contributed by atoms with Crippen LogP contribution in [0.1, 0.15) is 24.2 Å². The first-order chi connectivity index (χ1) is 9.92. The lowest BCUT2D eigenvalue weighted by Gasteiger charge is -2.32. The number of aliphatic hydroxyl groups is 1. The molecule has 0 saturated carbocycles. The highest BCUT2D eigenvalue weighted by Crippen LogP contribution is 2.43. The van der Waals surface area contributed by atoms with Crippen molar-refractivity contribution in [3.63, 3.8) is 0 Å². The lowest BCUT2D eigenvalue weighted by Crippen LogP contribution is -2.60. The molecule has 1 aromatic carbocycles. The monoisotopic (exact) mass is 328 g/mol. The summed E-state index contributed by atoms with van der Waals surface area (Å²) in [6.07, 6.45) is -11.3. The first kappa shape index (κ1) is 18.5. The van der Waals surface area contributed by atoms with Crippen molar-refractivity contribution in [1.29, 1.82) is 0 Å². The van der Waals surface area contributed by atoms with E-state index in [0.29, 0.717) is 5.56 Å². The topological polar surface area (TPSA) is 29.5 Å². The molecule has 0 aliphatic carbocycles. The van der Waals surface area contributed by atoms with Gasteiger partial charge in [0.2, 0.25) is 0 Å². The maximum Gasteiger partial charge on any atom is 0.428 e. The van der Waals surface area contributed by atoms with Crippen molar-refractivity contribution in [2.45, 2.75) is 31.0 Å². The molecule has 0 aliphatic heterocycles. The Morgan fingerprint density at radius 2 is 1.55 bits per heavy atom. The highest BCUT2D eigenvalue weighted by molar-refractivity contribution is 5.47. The third kappa shape index (κ3) is 3.80. The number of alkyl halides is 6. The number of hydrogen-bond acceptors (Lipinski definition) is 2. The van der Waals surface area contributed by atoms with Crippen LogP contribution < -0.4 is 0 Å². The average molecular weight is 328 g/mol. The van der Waals surface area contributed by atoms with Crippen LogP contribution in [-0.4, -0.2) is 29.7 Å². The Labute approximate surface area is 123 Å². The quantitative estimate of drug-likeness (QED) is 0.818. The largest absolute Gasteiger partial charge is 0.428 e. The SMILES string of the molecule is C=Cc1ccc(C(C)OCC(O)(C(F)(F)F)C(F)(F)F)cc1. The third-order valence-corrected chi connectivity index (χ3v) is 3.12. The number of rotatable bonds is 5. The van der Waals surface area contributed by atoms with E-state index in [1.165, 1.54) is 25.1 Å². The van der Waals surface area contributed by atoms with Gasteiger partial charge in [-0.25, -0.2) is 0 Å². The third-order valence-electron chi connectivity index (χ3n) is 3.12. The minimum Gasteiger partial charge on any atom is -0.372 e. The van der Waals surface area contributed by atoms with Gasteiger partial charge >= 0.3 is 12.4 Å². The van der Waals surface area contributed by atoms with Gasteiger partial charge in [-0.3, -0.25) is 0 Å². The van der Waals surface area contributed by atoms with Gasteiger partial charge in [0.25, 0.3) is 5.60 Å². The normalized spacial score (nSPS) is 14.7. The van der Waals surface area contributed by atoms with Crippen LogP contribution in [0.15, 0.2) is 30.8 Å². The number of benzene rings is 1. The number of ether oxygens (including phenoxy) is 1. The van der Waals surface area contributed by atoms with Gasteiger partial charge < -0.3 is 9.84 Å². The summed E-state index contributed by atoms with van der Waals surface area (Å²) in [5.41, 5.74) is -3.80. The van der Waals surface area contributed by atoms with Crippen molar-refractivity contribution >= 4 is 6.08 Å². The minimum absolute atomic E-state index is 0.372. The van der Waals surface area contributed by atoms with E-state index < -0.39 is 30.7 Å². The molecule has 0 aliphatic rings. The van der Waals surface area contributed by atoms with Crippen LogP contribution >= 0.6 is 0 Å². The Bertz CT molecular complexity index is 490. The van der Waals surface area contributed by atoms with Crippen LogP contribution in [0.2, 0.25) is 0 Å². The molecule has 0 heterocycles. The fourth-order valence-corrected chi connectivity index (χ4v) is 1.57. The number of halogens is 6. The average Bonchev–Trinajstić information content (AvgIpc) is 2.42. The smallest absolute Gasteiger partial charge is 0.372 e. The summed E-state index contributed by atoms with van der Waals surface area (Å²) in [4.78, 5) is 0. The van der Waals surface area contributed by atoms with E-state index in [9.17, 15) is 26.3 Å². The molecule has 0 bridgehead atoms. The van der Waals surface area contributed by atoms with Crippen molar-refractivity contribution < 1.29 is 36.2 Å². The second kappa shape index (κ2) is 6.29. The molecular formula is C14H14F6O2. The van der Waals surface area contributed by atoms with Crippen LogP contribution in [0.3, 0.4) is 0 Å². The van der Waals surface area contributed by atoms with E-state index in [2.05, 4.69) is 11.3 Å². The molecular weight excluding hydrogens is 314 g/mol. The predicted molar refractivity (Wildman–Crippen MR) is 68.0 cm³/mol. The van der Waals surface area contributed by atoms with Gasteiger partial charge in [-0.05, 0) is 18.1 Å². The van der Waals surface area contributed by atoms with Gasteiger partial charge in [0.15, 0.2) is 0 Å². The van der Waals surface area contributed by atoms with Crippen molar-refractivity contribution in [2.75, 3.05) is 6.61 Å². The molecule has 0 radical (unpaired) electrons. The second-order valence-corrected chi connectivity index (χ2v) is 4.68. The minimum atomic E-state index is -5.89. The molecule has 0 fully saturated rings. The lowest BCUT2D eigenvalue weighted by molar-refractivity contribution is -0.379. The zero-order chi connectivity index (χ0) is 17.2. The molecule has 0 spiro atoms. The van der Waals surface area contributed by atoms with E-state index in [4.69, 9.17) is 5.11 Å². The van der Waals surface area contributed by atoms with Crippen molar-refractivity contribution in [1.82, 2.24) is 0 Å². The van der Waals surface area contributed by atoms with Crippen LogP contribution in [0.5, 0.6) is 0 Å². The summed E-state index contributed by atoms with van der Waals surface area (Å²) in [6.45, 7) is 2.86. The van der Waals surface area contributed by atoms with Crippen LogP contribution in [0.25, 0.3) is 6.08 Å². The van der Waals surface area contributed by atoms with Crippen molar-refractivity contribution in [3.05, 3.63) is 42.0 Å². The molecule has 124 valence electrons. The molecule has 22 heavy (non-hydrogen) atoms. The summed E-state index contributed by atoms with van der Waals surface area (Å²) in [6, 6.07) is 6.15. The molecule has 1 atom stereocenters. The van der Waals surface area contributed by atoms with Gasteiger partial charge in [0, 0.05) is 0 Å². The summed E-state index contributed by atoms with van der Waals surface area (Å²) < 4.78 is 79.5. The molecule has 2 nitrogen and oxygen atoms in total. The Hall–Kier alpha value is -1.54. The van der Waals surface area contributed by atoms with Gasteiger partial charge in [0.05, 0.1) is 12.7 Å². The molecule has 8 heteroatoms. The van der Waals surface area contributed by atoms with Gasteiger partial charge in [-0.1, -0.05) is 36.9 Å². The molecule has 0 saturated heterocycles. The fourth-order valence-electron chi connectivity index (χ4n) is 1.57. The standard InChI is InChI=1S/C14H14F6O2/c1-3-10-4-6-11(7-5-10)9(2)22-8-12(21,13(15,16)17)14(18,19)20/h3-7,9,21H,1,8H2,2H3. The summed E-state index contributed by atoms with van der Waals surface area (Å²) in [5.74, 6) is 0. The Balaban J connectivity index is 2.86. The maximum atomic E-state index is 12.5. The highest BCUT2D eigenvalue weighted by atomic mass is 19.4. The van der Waals surface area contributed by atoms with Crippen LogP contribution in [-0.2, 0) is 4.74 Å². The summed E-state index contributed by atoms with van der Waals surface area (Å²) in [7, 11) is 0. The molecule has 0 amide bonds. The Morgan fingerprint density at radius 3 is 1.91 bits per heavy atom. The first-order valence-electron chi connectivity index (χ1n) is 6.12. The van der Waals surface area contributed by atoms with Crippen LogP contribution in [0, 0.1) is 0 Å².